The van der Waals surface area contributed by atoms with Crippen LogP contribution in [0.4, 0.5) is 0 Å². The van der Waals surface area contributed by atoms with Crippen molar-refractivity contribution in [3.8, 4) is 5.75 Å². The van der Waals surface area contributed by atoms with Crippen molar-refractivity contribution in [1.82, 2.24) is 10.2 Å². The first-order valence-electron chi connectivity index (χ1n) is 7.89. The molecule has 1 heterocycles. The lowest BCUT2D eigenvalue weighted by atomic mass is 10.1. The predicted molar refractivity (Wildman–Crippen MR) is 84.9 cm³/mol. The molecule has 0 aliphatic carbocycles. The normalized spacial score (nSPS) is 15.7. The molecule has 2 amide bonds. The third-order valence-electron chi connectivity index (χ3n) is 3.75. The molecule has 2 rings (SSSR count). The van der Waals surface area contributed by atoms with Gasteiger partial charge in [0, 0.05) is 26.1 Å². The fraction of sp³-hybridized carbons (Fsp3) is 0.529. The van der Waals surface area contributed by atoms with E-state index in [1.165, 1.54) is 0 Å². The Labute approximate surface area is 131 Å². The molecule has 1 aromatic carbocycles. The lowest BCUT2D eigenvalue weighted by Crippen LogP contribution is -2.36. The number of nitrogens with one attached hydrogen (secondary N) is 1. The lowest BCUT2D eigenvalue weighted by Gasteiger charge is -2.21. The van der Waals surface area contributed by atoms with E-state index in [0.29, 0.717) is 37.4 Å². The van der Waals surface area contributed by atoms with Crippen molar-refractivity contribution in [3.63, 3.8) is 0 Å². The van der Waals surface area contributed by atoms with E-state index in [1.54, 1.807) is 12.1 Å². The van der Waals surface area contributed by atoms with Crippen molar-refractivity contribution in [3.05, 3.63) is 29.8 Å². The van der Waals surface area contributed by atoms with Crippen molar-refractivity contribution in [1.29, 1.82) is 0 Å². The Morgan fingerprint density at radius 2 is 2.18 bits per heavy atom. The fourth-order valence-electron chi connectivity index (χ4n) is 2.64. The Bertz CT molecular complexity index is 530. The number of hydrogen-bond acceptors (Lipinski definition) is 3. The van der Waals surface area contributed by atoms with Crippen molar-refractivity contribution in [2.45, 2.75) is 26.7 Å². The highest BCUT2D eigenvalue weighted by Gasteiger charge is 2.22. The van der Waals surface area contributed by atoms with E-state index in [4.69, 9.17) is 4.74 Å². The maximum atomic E-state index is 12.3. The number of hydrogen-bond donors (Lipinski definition) is 1. The third kappa shape index (κ3) is 4.23. The number of nitrogens with zero attached hydrogens (tertiary/aromatic N) is 1. The summed E-state index contributed by atoms with van der Waals surface area (Å²) in [6.07, 6.45) is 1.60. The molecule has 1 aliphatic heterocycles. The van der Waals surface area contributed by atoms with E-state index in [2.05, 4.69) is 5.32 Å². The zero-order chi connectivity index (χ0) is 15.9. The Hall–Kier alpha value is -2.04. The van der Waals surface area contributed by atoms with Crippen LogP contribution in [0.2, 0.25) is 0 Å². The fourth-order valence-corrected chi connectivity index (χ4v) is 2.64. The summed E-state index contributed by atoms with van der Waals surface area (Å²) >= 11 is 0. The van der Waals surface area contributed by atoms with E-state index < -0.39 is 0 Å². The standard InChI is InChI=1S/C17H24N2O3/c1-3-22-15-8-5-4-7-14(15)17(21)18-11-13(2)12-19-10-6-9-16(19)20/h4-5,7-8,13H,3,6,9-12H2,1-2H3,(H,18,21)/t13-/m0/s1. The van der Waals surface area contributed by atoms with Gasteiger partial charge in [0.05, 0.1) is 12.2 Å². The molecule has 0 saturated carbocycles. The second-order valence-corrected chi connectivity index (χ2v) is 5.69. The topological polar surface area (TPSA) is 58.6 Å². The van der Waals surface area contributed by atoms with E-state index >= 15 is 0 Å². The van der Waals surface area contributed by atoms with Crippen LogP contribution in [0, 0.1) is 5.92 Å². The van der Waals surface area contributed by atoms with Crippen molar-refractivity contribution < 1.29 is 14.3 Å². The first-order chi connectivity index (χ1) is 10.6. The second-order valence-electron chi connectivity index (χ2n) is 5.69. The molecule has 5 heteroatoms. The number of likely N-dealkylation sites (tertiary alicyclic amines) is 1. The van der Waals surface area contributed by atoms with Crippen LogP contribution in [-0.4, -0.2) is 43.0 Å². The minimum Gasteiger partial charge on any atom is -0.493 e. The van der Waals surface area contributed by atoms with Crippen LogP contribution in [-0.2, 0) is 4.79 Å². The molecule has 0 radical (unpaired) electrons. The molecular formula is C17H24N2O3. The maximum Gasteiger partial charge on any atom is 0.255 e. The average molecular weight is 304 g/mol. The lowest BCUT2D eigenvalue weighted by molar-refractivity contribution is -0.128. The molecule has 1 fully saturated rings. The van der Waals surface area contributed by atoms with Gasteiger partial charge in [-0.2, -0.15) is 0 Å². The number of carbonyl (C=O) groups is 2. The molecule has 0 bridgehead atoms. The van der Waals surface area contributed by atoms with Gasteiger partial charge in [0.25, 0.3) is 5.91 Å². The van der Waals surface area contributed by atoms with Crippen LogP contribution in [0.15, 0.2) is 24.3 Å². The number of ether oxygens (including phenoxy) is 1. The molecule has 0 spiro atoms. The second kappa shape index (κ2) is 7.82. The number of para-hydroxylation sites is 1. The zero-order valence-corrected chi connectivity index (χ0v) is 13.3. The van der Waals surface area contributed by atoms with Crippen LogP contribution in [0.25, 0.3) is 0 Å². The van der Waals surface area contributed by atoms with Crippen molar-refractivity contribution >= 4 is 11.8 Å². The van der Waals surface area contributed by atoms with Crippen LogP contribution < -0.4 is 10.1 Å². The highest BCUT2D eigenvalue weighted by molar-refractivity contribution is 5.96. The smallest absolute Gasteiger partial charge is 0.255 e. The number of rotatable bonds is 7. The van der Waals surface area contributed by atoms with Crippen LogP contribution >= 0.6 is 0 Å². The van der Waals surface area contributed by atoms with Gasteiger partial charge in [0.15, 0.2) is 0 Å². The van der Waals surface area contributed by atoms with Crippen molar-refractivity contribution in [2.24, 2.45) is 5.92 Å². The van der Waals surface area contributed by atoms with E-state index in [-0.39, 0.29) is 17.7 Å². The minimum atomic E-state index is -0.136. The molecular weight excluding hydrogens is 280 g/mol. The number of amides is 2. The van der Waals surface area contributed by atoms with Gasteiger partial charge < -0.3 is 15.0 Å². The first-order valence-corrected chi connectivity index (χ1v) is 7.89. The SMILES string of the molecule is CCOc1ccccc1C(=O)NC[C@H](C)CN1CCCC1=O. The van der Waals surface area contributed by atoms with Gasteiger partial charge >= 0.3 is 0 Å². The van der Waals surface area contributed by atoms with Gasteiger partial charge in [-0.15, -0.1) is 0 Å². The van der Waals surface area contributed by atoms with Crippen LogP contribution in [0.3, 0.4) is 0 Å². The molecule has 1 N–H and O–H groups in total. The van der Waals surface area contributed by atoms with Gasteiger partial charge in [-0.3, -0.25) is 9.59 Å². The summed E-state index contributed by atoms with van der Waals surface area (Å²) in [4.78, 5) is 25.8. The summed E-state index contributed by atoms with van der Waals surface area (Å²) in [6, 6.07) is 7.23. The largest absolute Gasteiger partial charge is 0.493 e. The Morgan fingerprint density at radius 3 is 2.86 bits per heavy atom. The summed E-state index contributed by atoms with van der Waals surface area (Å²) in [7, 11) is 0. The molecule has 1 atom stereocenters. The Morgan fingerprint density at radius 1 is 1.41 bits per heavy atom. The molecule has 1 aromatic rings. The summed E-state index contributed by atoms with van der Waals surface area (Å²) in [6.45, 7) is 6.54. The van der Waals surface area contributed by atoms with Crippen LogP contribution in [0.5, 0.6) is 5.75 Å². The average Bonchev–Trinajstić information content (AvgIpc) is 2.91. The maximum absolute atomic E-state index is 12.3. The molecule has 5 nitrogen and oxygen atoms in total. The van der Waals surface area contributed by atoms with E-state index in [1.807, 2.05) is 30.9 Å². The summed E-state index contributed by atoms with van der Waals surface area (Å²) < 4.78 is 5.47. The number of benzene rings is 1. The molecule has 1 aliphatic rings. The zero-order valence-electron chi connectivity index (χ0n) is 13.3. The number of carbonyl (C=O) groups excluding carboxylic acids is 2. The molecule has 0 unspecified atom stereocenters. The summed E-state index contributed by atoms with van der Waals surface area (Å²) in [5.74, 6) is 0.915. The Balaban J connectivity index is 1.85. The molecule has 1 saturated heterocycles. The van der Waals surface area contributed by atoms with Gasteiger partial charge in [-0.1, -0.05) is 19.1 Å². The molecule has 120 valence electrons. The molecule has 0 aromatic heterocycles. The Kier molecular flexibility index (Phi) is 5.81. The molecule has 22 heavy (non-hydrogen) atoms. The highest BCUT2D eigenvalue weighted by Crippen LogP contribution is 2.18. The minimum absolute atomic E-state index is 0.136. The first kappa shape index (κ1) is 16.3. The monoisotopic (exact) mass is 304 g/mol. The third-order valence-corrected chi connectivity index (χ3v) is 3.75. The predicted octanol–water partition coefficient (Wildman–Crippen LogP) is 2.07. The van der Waals surface area contributed by atoms with E-state index in [0.717, 1.165) is 13.0 Å². The van der Waals surface area contributed by atoms with Gasteiger partial charge in [0.1, 0.15) is 5.75 Å². The summed E-state index contributed by atoms with van der Waals surface area (Å²) in [5, 5.41) is 2.93. The van der Waals surface area contributed by atoms with E-state index in [9.17, 15) is 9.59 Å². The van der Waals surface area contributed by atoms with Crippen molar-refractivity contribution in [2.75, 3.05) is 26.2 Å². The van der Waals surface area contributed by atoms with Gasteiger partial charge in [-0.25, -0.2) is 0 Å². The van der Waals surface area contributed by atoms with Gasteiger partial charge in [-0.05, 0) is 31.4 Å². The highest BCUT2D eigenvalue weighted by atomic mass is 16.5. The van der Waals surface area contributed by atoms with Gasteiger partial charge in [0.2, 0.25) is 5.91 Å². The van der Waals surface area contributed by atoms with Crippen LogP contribution in [0.1, 0.15) is 37.0 Å². The summed E-state index contributed by atoms with van der Waals surface area (Å²) in [5.41, 5.74) is 0.550. The quantitative estimate of drug-likeness (QED) is 0.839.